The molecule has 1 atom stereocenters. The summed E-state index contributed by atoms with van der Waals surface area (Å²) in [6, 6.07) is 1.20. The van der Waals surface area contributed by atoms with Crippen LogP contribution < -0.4 is 5.32 Å². The highest BCUT2D eigenvalue weighted by molar-refractivity contribution is 4.91. The molecule has 0 amide bonds. The highest BCUT2D eigenvalue weighted by atomic mass is 15.4. The van der Waals surface area contributed by atoms with Gasteiger partial charge in [0, 0.05) is 31.4 Å². The van der Waals surface area contributed by atoms with Crippen LogP contribution in [0.2, 0.25) is 0 Å². The summed E-state index contributed by atoms with van der Waals surface area (Å²) < 4.78 is 1.98. The lowest BCUT2D eigenvalue weighted by molar-refractivity contribution is 0.202. The molecule has 0 bridgehead atoms. The number of nitrogens with one attached hydrogen (secondary N) is 1. The minimum atomic E-state index is 0.484. The van der Waals surface area contributed by atoms with Crippen LogP contribution in [-0.4, -0.2) is 45.1 Å². The number of hydrogen-bond acceptors (Lipinski definition) is 4. The summed E-state index contributed by atoms with van der Waals surface area (Å²) in [7, 11) is 0. The Morgan fingerprint density at radius 1 is 1.30 bits per heavy atom. The van der Waals surface area contributed by atoms with Crippen molar-refractivity contribution >= 4 is 0 Å². The number of hydrogen-bond donors (Lipinski definition) is 1. The Labute approximate surface area is 122 Å². The largest absolute Gasteiger partial charge is 0.309 e. The summed E-state index contributed by atoms with van der Waals surface area (Å²) in [6.07, 6.45) is 7.51. The predicted octanol–water partition coefficient (Wildman–Crippen LogP) is 2.04. The molecule has 0 radical (unpaired) electrons. The maximum Gasteiger partial charge on any atom is 0.0964 e. The maximum absolute atomic E-state index is 4.23. The van der Waals surface area contributed by atoms with E-state index in [2.05, 4.69) is 47.5 Å². The van der Waals surface area contributed by atoms with Crippen LogP contribution >= 0.6 is 0 Å². The molecule has 114 valence electrons. The fraction of sp³-hybridized carbons (Fsp3) is 0.867. The molecule has 0 spiro atoms. The first-order valence-corrected chi connectivity index (χ1v) is 8.01. The van der Waals surface area contributed by atoms with Crippen LogP contribution in [0.15, 0.2) is 6.20 Å². The van der Waals surface area contributed by atoms with E-state index in [9.17, 15) is 0 Å². The second kappa shape index (κ2) is 7.74. The Balaban J connectivity index is 1.78. The van der Waals surface area contributed by atoms with E-state index in [1.807, 2.05) is 4.68 Å². The highest BCUT2D eigenvalue weighted by Crippen LogP contribution is 2.15. The molecule has 5 nitrogen and oxygen atoms in total. The van der Waals surface area contributed by atoms with Gasteiger partial charge in [-0.15, -0.1) is 5.10 Å². The quantitative estimate of drug-likeness (QED) is 0.865. The average molecular weight is 279 g/mol. The first kappa shape index (κ1) is 15.4. The van der Waals surface area contributed by atoms with E-state index in [1.54, 1.807) is 0 Å². The second-order valence-electron chi connectivity index (χ2n) is 6.24. The maximum atomic E-state index is 4.23. The van der Waals surface area contributed by atoms with Crippen molar-refractivity contribution in [1.29, 1.82) is 0 Å². The predicted molar refractivity (Wildman–Crippen MR) is 81.5 cm³/mol. The van der Waals surface area contributed by atoms with E-state index in [1.165, 1.54) is 32.2 Å². The summed E-state index contributed by atoms with van der Waals surface area (Å²) in [4.78, 5) is 2.60. The minimum absolute atomic E-state index is 0.484. The van der Waals surface area contributed by atoms with Crippen molar-refractivity contribution in [1.82, 2.24) is 25.2 Å². The average Bonchev–Trinajstić information content (AvgIpc) is 2.77. The Morgan fingerprint density at radius 2 is 2.15 bits per heavy atom. The molecule has 1 aliphatic heterocycles. The SMILES string of the molecule is CC(C)NCc1cn(CCN2CCCCCC2C)nn1. The van der Waals surface area contributed by atoms with Gasteiger partial charge < -0.3 is 5.32 Å². The van der Waals surface area contributed by atoms with Gasteiger partial charge in [0.05, 0.1) is 12.2 Å². The molecule has 0 aromatic carbocycles. The molecule has 1 aliphatic rings. The number of nitrogens with zero attached hydrogens (tertiary/aromatic N) is 4. The Bertz CT molecular complexity index is 387. The fourth-order valence-corrected chi connectivity index (χ4v) is 2.73. The van der Waals surface area contributed by atoms with E-state index in [-0.39, 0.29) is 0 Å². The summed E-state index contributed by atoms with van der Waals surface area (Å²) in [5.41, 5.74) is 1.03. The highest BCUT2D eigenvalue weighted by Gasteiger charge is 2.16. The number of likely N-dealkylation sites (tertiary alicyclic amines) is 1. The van der Waals surface area contributed by atoms with Crippen molar-refractivity contribution in [3.63, 3.8) is 0 Å². The fourth-order valence-electron chi connectivity index (χ4n) is 2.73. The van der Waals surface area contributed by atoms with Crippen molar-refractivity contribution in [2.24, 2.45) is 0 Å². The molecule has 1 fully saturated rings. The molecule has 2 rings (SSSR count). The lowest BCUT2D eigenvalue weighted by Crippen LogP contribution is -2.35. The van der Waals surface area contributed by atoms with Crippen molar-refractivity contribution in [3.8, 4) is 0 Å². The molecule has 5 heteroatoms. The van der Waals surface area contributed by atoms with Gasteiger partial charge in [0.25, 0.3) is 0 Å². The van der Waals surface area contributed by atoms with Gasteiger partial charge in [0.15, 0.2) is 0 Å². The third kappa shape index (κ3) is 4.87. The molecule has 1 unspecified atom stereocenters. The smallest absolute Gasteiger partial charge is 0.0964 e. The lowest BCUT2D eigenvalue weighted by Gasteiger charge is -2.26. The Hall–Kier alpha value is -0.940. The van der Waals surface area contributed by atoms with Gasteiger partial charge in [-0.3, -0.25) is 9.58 Å². The van der Waals surface area contributed by atoms with E-state index in [0.29, 0.717) is 12.1 Å². The first-order chi connectivity index (χ1) is 9.65. The van der Waals surface area contributed by atoms with E-state index >= 15 is 0 Å². The zero-order chi connectivity index (χ0) is 14.4. The van der Waals surface area contributed by atoms with Crippen LogP contribution in [0.4, 0.5) is 0 Å². The van der Waals surface area contributed by atoms with Crippen molar-refractivity contribution in [2.75, 3.05) is 13.1 Å². The Morgan fingerprint density at radius 3 is 2.95 bits per heavy atom. The molecule has 20 heavy (non-hydrogen) atoms. The standard InChI is InChI=1S/C15H29N5/c1-13(2)16-11-15-12-20(18-17-15)10-9-19-8-6-4-5-7-14(19)3/h12-14,16H,4-11H2,1-3H3. The molecule has 0 saturated carbocycles. The van der Waals surface area contributed by atoms with E-state index in [0.717, 1.165) is 25.3 Å². The van der Waals surface area contributed by atoms with Crippen LogP contribution in [0.25, 0.3) is 0 Å². The van der Waals surface area contributed by atoms with Gasteiger partial charge in [-0.2, -0.15) is 0 Å². The zero-order valence-electron chi connectivity index (χ0n) is 13.2. The number of rotatable bonds is 6. The third-order valence-corrected chi connectivity index (χ3v) is 4.08. The van der Waals surface area contributed by atoms with Crippen LogP contribution in [-0.2, 0) is 13.1 Å². The van der Waals surface area contributed by atoms with Gasteiger partial charge in [-0.1, -0.05) is 31.9 Å². The van der Waals surface area contributed by atoms with E-state index in [4.69, 9.17) is 0 Å². The van der Waals surface area contributed by atoms with Gasteiger partial charge in [-0.25, -0.2) is 0 Å². The van der Waals surface area contributed by atoms with Gasteiger partial charge in [0.1, 0.15) is 0 Å². The van der Waals surface area contributed by atoms with E-state index < -0.39 is 0 Å². The molecule has 1 N–H and O–H groups in total. The molecular weight excluding hydrogens is 250 g/mol. The summed E-state index contributed by atoms with van der Waals surface area (Å²) in [6.45, 7) is 10.7. The molecule has 0 aliphatic carbocycles. The molecule has 1 aromatic heterocycles. The van der Waals surface area contributed by atoms with Gasteiger partial charge in [0.2, 0.25) is 0 Å². The topological polar surface area (TPSA) is 46.0 Å². The summed E-state index contributed by atoms with van der Waals surface area (Å²) >= 11 is 0. The van der Waals surface area contributed by atoms with Crippen molar-refractivity contribution in [3.05, 3.63) is 11.9 Å². The van der Waals surface area contributed by atoms with Crippen molar-refractivity contribution in [2.45, 2.75) is 71.6 Å². The molecule has 1 saturated heterocycles. The first-order valence-electron chi connectivity index (χ1n) is 8.01. The van der Waals surface area contributed by atoms with Crippen LogP contribution in [0.3, 0.4) is 0 Å². The van der Waals surface area contributed by atoms with Crippen LogP contribution in [0.5, 0.6) is 0 Å². The Kier molecular flexibility index (Phi) is 5.98. The third-order valence-electron chi connectivity index (χ3n) is 4.08. The van der Waals surface area contributed by atoms with Crippen molar-refractivity contribution < 1.29 is 0 Å². The van der Waals surface area contributed by atoms with Gasteiger partial charge >= 0.3 is 0 Å². The summed E-state index contributed by atoms with van der Waals surface area (Å²) in [5.74, 6) is 0. The van der Waals surface area contributed by atoms with Crippen LogP contribution in [0.1, 0.15) is 52.1 Å². The minimum Gasteiger partial charge on any atom is -0.309 e. The monoisotopic (exact) mass is 279 g/mol. The summed E-state index contributed by atoms with van der Waals surface area (Å²) in [5, 5.41) is 11.8. The second-order valence-corrected chi connectivity index (χ2v) is 6.24. The van der Waals surface area contributed by atoms with Gasteiger partial charge in [-0.05, 0) is 26.3 Å². The lowest BCUT2D eigenvalue weighted by atomic mass is 10.1. The molecule has 1 aromatic rings. The zero-order valence-corrected chi connectivity index (χ0v) is 13.2. The number of aromatic nitrogens is 3. The van der Waals surface area contributed by atoms with Crippen LogP contribution in [0, 0.1) is 0 Å². The molecular formula is C15H29N5. The normalized spacial score (nSPS) is 21.3. The molecule has 2 heterocycles.